The van der Waals surface area contributed by atoms with Crippen molar-refractivity contribution >= 4 is 5.97 Å². The fourth-order valence-corrected chi connectivity index (χ4v) is 14.7. The molecule has 0 radical (unpaired) electrons. The van der Waals surface area contributed by atoms with Crippen LogP contribution in [0.15, 0.2) is 35.5 Å². The molecule has 1 saturated heterocycles. The number of nitrogens with one attached hydrogen (secondary N) is 1. The van der Waals surface area contributed by atoms with Crippen molar-refractivity contribution < 1.29 is 24.1 Å². The van der Waals surface area contributed by atoms with Gasteiger partial charge in [-0.15, -0.1) is 0 Å². The first kappa shape index (κ1) is 36.8. The molecule has 0 aromatic carbocycles. The predicted octanol–water partition coefficient (Wildman–Crippen LogP) is 9.60. The number of rotatable bonds is 8. The summed E-state index contributed by atoms with van der Waals surface area (Å²) < 4.78 is 19.5. The molecule has 280 valence electrons. The van der Waals surface area contributed by atoms with Gasteiger partial charge in [-0.3, -0.25) is 4.79 Å². The molecule has 0 amide bonds. The third-order valence-electron chi connectivity index (χ3n) is 17.8. The maximum Gasteiger partial charge on any atom is 0.312 e. The van der Waals surface area contributed by atoms with E-state index in [2.05, 4.69) is 65.6 Å². The van der Waals surface area contributed by atoms with Gasteiger partial charge in [-0.1, -0.05) is 58.9 Å². The van der Waals surface area contributed by atoms with Crippen LogP contribution in [0.4, 0.5) is 4.39 Å². The van der Waals surface area contributed by atoms with Crippen molar-refractivity contribution in [2.45, 2.75) is 149 Å². The van der Waals surface area contributed by atoms with Crippen LogP contribution in [-0.4, -0.2) is 53.8 Å². The molecule has 10 atom stereocenters. The van der Waals surface area contributed by atoms with Crippen LogP contribution in [0.1, 0.15) is 138 Å². The standard InChI is InChI=1S/C44H68FNO4/c1-29(2)31-12-19-44(46-25-22-43(49)23-26-50-27-24-43)21-20-40(6)33(36(31)44)8-9-35-39(5)15-13-32(38(3,4)34(39)14-16-41(35,40)7)30-10-17-42(28-45,18-11-30)37(47)48/h10,13,31,33-36,46,49H,1,8-9,11-12,14-28H2,2-7H3,(H,47,48)/t31?,33-,34+,35-,36-,39+,40-,41-,42+,44+/m1/s1. The summed E-state index contributed by atoms with van der Waals surface area (Å²) in [6, 6.07) is 0. The Hall–Kier alpha value is -1.50. The van der Waals surface area contributed by atoms with Crippen LogP contribution in [0.3, 0.4) is 0 Å². The minimum absolute atomic E-state index is 0.00643. The number of alkyl halides is 1. The number of carboxylic acids is 1. The maximum atomic E-state index is 14.0. The zero-order valence-electron chi connectivity index (χ0n) is 32.3. The highest BCUT2D eigenvalue weighted by molar-refractivity contribution is 5.75. The highest BCUT2D eigenvalue weighted by atomic mass is 19.1. The van der Waals surface area contributed by atoms with Gasteiger partial charge in [0, 0.05) is 18.8 Å². The number of hydrogen-bond acceptors (Lipinski definition) is 4. The van der Waals surface area contributed by atoms with Gasteiger partial charge in [-0.25, -0.2) is 4.39 Å². The lowest BCUT2D eigenvalue weighted by Crippen LogP contribution is -2.68. The van der Waals surface area contributed by atoms with Gasteiger partial charge < -0.3 is 20.3 Å². The number of ether oxygens (including phenoxy) is 1. The van der Waals surface area contributed by atoms with Crippen LogP contribution < -0.4 is 5.32 Å². The fourth-order valence-electron chi connectivity index (χ4n) is 14.7. The van der Waals surface area contributed by atoms with Gasteiger partial charge >= 0.3 is 5.97 Å². The van der Waals surface area contributed by atoms with Crippen molar-refractivity contribution in [2.75, 3.05) is 26.4 Å². The number of hydrogen-bond donors (Lipinski definition) is 3. The topological polar surface area (TPSA) is 78.8 Å². The summed E-state index contributed by atoms with van der Waals surface area (Å²) in [7, 11) is 0. The van der Waals surface area contributed by atoms with Crippen LogP contribution in [0.5, 0.6) is 0 Å². The van der Waals surface area contributed by atoms with Gasteiger partial charge in [-0.2, -0.15) is 0 Å². The number of halogens is 1. The van der Waals surface area contributed by atoms with E-state index < -0.39 is 23.7 Å². The minimum atomic E-state index is -1.25. The third-order valence-corrected chi connectivity index (χ3v) is 17.8. The Morgan fingerprint density at radius 2 is 1.66 bits per heavy atom. The van der Waals surface area contributed by atoms with E-state index in [1.54, 1.807) is 0 Å². The quantitative estimate of drug-likeness (QED) is 0.221. The number of fused-ring (bicyclic) bond motifs is 7. The van der Waals surface area contributed by atoms with Crippen LogP contribution >= 0.6 is 0 Å². The molecule has 6 aliphatic carbocycles. The number of carboxylic acid groups (broad SMARTS) is 1. The zero-order valence-corrected chi connectivity index (χ0v) is 32.3. The molecule has 7 aliphatic rings. The number of aliphatic carboxylic acids is 1. The average Bonchev–Trinajstić information content (AvgIpc) is 3.45. The molecule has 1 aliphatic heterocycles. The lowest BCUT2D eigenvalue weighted by Gasteiger charge is -2.72. The van der Waals surface area contributed by atoms with Crippen LogP contribution in [0, 0.1) is 56.7 Å². The Morgan fingerprint density at radius 3 is 2.30 bits per heavy atom. The van der Waals surface area contributed by atoms with Crippen molar-refractivity contribution in [3.8, 4) is 0 Å². The molecule has 0 spiro atoms. The summed E-state index contributed by atoms with van der Waals surface area (Å²) in [6.07, 6.45) is 19.4. The molecular formula is C44H68FNO4. The smallest absolute Gasteiger partial charge is 0.312 e. The maximum absolute atomic E-state index is 14.0. The second-order valence-corrected chi connectivity index (χ2v) is 20.1. The van der Waals surface area contributed by atoms with Gasteiger partial charge in [0.15, 0.2) is 0 Å². The number of allylic oxidation sites excluding steroid dienone is 5. The fraction of sp³-hybridized carbons (Fsp3) is 0.841. The molecule has 5 nitrogen and oxygen atoms in total. The van der Waals surface area contributed by atoms with Crippen molar-refractivity contribution in [2.24, 2.45) is 56.7 Å². The van der Waals surface area contributed by atoms with E-state index in [4.69, 9.17) is 4.74 Å². The molecule has 6 heteroatoms. The Morgan fingerprint density at radius 1 is 0.920 bits per heavy atom. The van der Waals surface area contributed by atoms with Crippen molar-refractivity contribution in [1.29, 1.82) is 0 Å². The summed E-state index contributed by atoms with van der Waals surface area (Å²) >= 11 is 0. The second kappa shape index (κ2) is 12.5. The molecule has 0 bridgehead atoms. The molecule has 4 saturated carbocycles. The van der Waals surface area contributed by atoms with E-state index in [9.17, 15) is 19.4 Å². The molecule has 1 heterocycles. The molecule has 1 unspecified atom stereocenters. The Bertz CT molecular complexity index is 1430. The van der Waals surface area contributed by atoms with E-state index in [0.717, 1.165) is 32.2 Å². The first-order valence-electron chi connectivity index (χ1n) is 20.4. The van der Waals surface area contributed by atoms with E-state index in [-0.39, 0.29) is 27.2 Å². The lowest BCUT2D eigenvalue weighted by molar-refractivity contribution is -0.221. The summed E-state index contributed by atoms with van der Waals surface area (Å²) in [5, 5.41) is 25.3. The highest BCUT2D eigenvalue weighted by Gasteiger charge is 2.70. The molecule has 5 fully saturated rings. The van der Waals surface area contributed by atoms with E-state index in [1.807, 2.05) is 0 Å². The number of aliphatic hydroxyl groups is 1. The van der Waals surface area contributed by atoms with Gasteiger partial charge in [0.1, 0.15) is 6.67 Å². The second-order valence-electron chi connectivity index (χ2n) is 20.1. The van der Waals surface area contributed by atoms with Crippen molar-refractivity contribution in [1.82, 2.24) is 5.32 Å². The molecular weight excluding hydrogens is 625 g/mol. The SMILES string of the molecule is C=C(C)C1CC[C@]2(NCCC3(O)CCOCC3)CC[C@]3(C)[C@H](CC[C@@H]4[C@@]5(C)CC=C(C6=CC[C@](CF)(C(=O)O)CC6)C(C)(C)[C@@H]5CC[C@]43C)[C@@H]12. The summed E-state index contributed by atoms with van der Waals surface area (Å²) in [4.78, 5) is 12.0. The van der Waals surface area contributed by atoms with Crippen LogP contribution in [0.2, 0.25) is 0 Å². The van der Waals surface area contributed by atoms with Gasteiger partial charge in [0.2, 0.25) is 0 Å². The molecule has 7 rings (SSSR count). The highest BCUT2D eigenvalue weighted by Crippen LogP contribution is 2.76. The lowest BCUT2D eigenvalue weighted by atomic mass is 9.33. The van der Waals surface area contributed by atoms with Crippen LogP contribution in [-0.2, 0) is 9.53 Å². The van der Waals surface area contributed by atoms with Gasteiger partial charge in [-0.05, 0) is 172 Å². The molecule has 0 aromatic rings. The minimum Gasteiger partial charge on any atom is -0.481 e. The molecule has 3 N–H and O–H groups in total. The van der Waals surface area contributed by atoms with E-state index >= 15 is 0 Å². The average molecular weight is 694 g/mol. The first-order chi connectivity index (χ1) is 23.5. The van der Waals surface area contributed by atoms with Crippen molar-refractivity contribution in [3.05, 3.63) is 35.5 Å². The van der Waals surface area contributed by atoms with Crippen LogP contribution in [0.25, 0.3) is 0 Å². The largest absolute Gasteiger partial charge is 0.481 e. The Kier molecular flexibility index (Phi) is 9.24. The normalized spacial score (nSPS) is 46.4. The summed E-state index contributed by atoms with van der Waals surface area (Å²) in [6.45, 7) is 21.3. The number of carbonyl (C=O) groups is 1. The van der Waals surface area contributed by atoms with E-state index in [1.165, 1.54) is 68.1 Å². The summed E-state index contributed by atoms with van der Waals surface area (Å²) in [5.74, 6) is 2.06. The molecule has 0 aromatic heterocycles. The Balaban J connectivity index is 1.15. The van der Waals surface area contributed by atoms with E-state index in [0.29, 0.717) is 62.1 Å². The zero-order chi connectivity index (χ0) is 36.0. The van der Waals surface area contributed by atoms with Gasteiger partial charge in [0.25, 0.3) is 0 Å². The monoisotopic (exact) mass is 694 g/mol. The van der Waals surface area contributed by atoms with Crippen molar-refractivity contribution in [3.63, 3.8) is 0 Å². The predicted molar refractivity (Wildman–Crippen MR) is 198 cm³/mol. The summed E-state index contributed by atoms with van der Waals surface area (Å²) in [5.41, 5.74) is 3.08. The molecule has 50 heavy (non-hydrogen) atoms. The Labute approximate surface area is 302 Å². The van der Waals surface area contributed by atoms with Gasteiger partial charge in [0.05, 0.1) is 11.0 Å². The first-order valence-corrected chi connectivity index (χ1v) is 20.4. The third kappa shape index (κ3) is 5.32.